The van der Waals surface area contributed by atoms with Crippen LogP contribution in [0.4, 0.5) is 15.8 Å². The summed E-state index contributed by atoms with van der Waals surface area (Å²) in [6.07, 6.45) is 0. The van der Waals surface area contributed by atoms with Gasteiger partial charge in [-0.05, 0) is 15.9 Å². The van der Waals surface area contributed by atoms with Crippen molar-refractivity contribution in [2.24, 2.45) is 0 Å². The van der Waals surface area contributed by atoms with Gasteiger partial charge in [-0.15, -0.1) is 0 Å². The highest BCUT2D eigenvalue weighted by atomic mass is 79.9. The quantitative estimate of drug-likeness (QED) is 0.680. The number of anilines is 1. The van der Waals surface area contributed by atoms with E-state index in [1.807, 2.05) is 0 Å². The number of hydrogen-bond acceptors (Lipinski definition) is 4. The number of nitro groups is 1. The van der Waals surface area contributed by atoms with Gasteiger partial charge < -0.3 is 10.2 Å². The van der Waals surface area contributed by atoms with E-state index in [0.717, 1.165) is 12.1 Å². The van der Waals surface area contributed by atoms with Crippen LogP contribution < -0.4 is 5.32 Å². The van der Waals surface area contributed by atoms with Gasteiger partial charge in [-0.3, -0.25) is 14.9 Å². The molecule has 0 unspecified atom stereocenters. The fourth-order valence-electron chi connectivity index (χ4n) is 1.16. The Kier molecular flexibility index (Phi) is 4.60. The fourth-order valence-corrected chi connectivity index (χ4v) is 1.49. The zero-order valence-corrected chi connectivity index (χ0v) is 11.3. The zero-order chi connectivity index (χ0) is 13.9. The number of rotatable bonds is 4. The van der Waals surface area contributed by atoms with Crippen LogP contribution in [0.5, 0.6) is 0 Å². The summed E-state index contributed by atoms with van der Waals surface area (Å²) in [6, 6.07) is 2.03. The second-order valence-electron chi connectivity index (χ2n) is 3.68. The summed E-state index contributed by atoms with van der Waals surface area (Å²) in [6.45, 7) is -0.144. The molecule has 6 nitrogen and oxygen atoms in total. The van der Waals surface area contributed by atoms with Crippen LogP contribution in [0.3, 0.4) is 0 Å². The minimum atomic E-state index is -0.646. The van der Waals surface area contributed by atoms with Crippen LogP contribution in [0.1, 0.15) is 0 Å². The van der Waals surface area contributed by atoms with Crippen molar-refractivity contribution in [2.75, 3.05) is 26.0 Å². The van der Waals surface area contributed by atoms with Crippen LogP contribution in [0.15, 0.2) is 16.6 Å². The lowest BCUT2D eigenvalue weighted by molar-refractivity contribution is -0.384. The minimum Gasteiger partial charge on any atom is -0.370 e. The van der Waals surface area contributed by atoms with Gasteiger partial charge in [0, 0.05) is 26.2 Å². The largest absolute Gasteiger partial charge is 0.370 e. The number of halogens is 2. The first-order valence-electron chi connectivity index (χ1n) is 4.90. The molecule has 0 radical (unpaired) electrons. The first-order chi connectivity index (χ1) is 8.32. The summed E-state index contributed by atoms with van der Waals surface area (Å²) in [7, 11) is 3.11. The highest BCUT2D eigenvalue weighted by molar-refractivity contribution is 9.10. The Morgan fingerprint density at radius 1 is 1.56 bits per heavy atom. The molecule has 1 aromatic carbocycles. The maximum absolute atomic E-state index is 13.3. The Morgan fingerprint density at radius 3 is 2.67 bits per heavy atom. The van der Waals surface area contributed by atoms with E-state index in [1.165, 1.54) is 4.90 Å². The summed E-state index contributed by atoms with van der Waals surface area (Å²) in [5.74, 6) is -0.909. The van der Waals surface area contributed by atoms with Gasteiger partial charge in [-0.1, -0.05) is 0 Å². The normalized spacial score (nSPS) is 10.0. The number of nitrogens with one attached hydrogen (secondary N) is 1. The molecule has 18 heavy (non-hydrogen) atoms. The van der Waals surface area contributed by atoms with Crippen LogP contribution in [-0.4, -0.2) is 36.4 Å². The maximum atomic E-state index is 13.3. The van der Waals surface area contributed by atoms with E-state index in [1.54, 1.807) is 14.1 Å². The highest BCUT2D eigenvalue weighted by Gasteiger charge is 2.18. The van der Waals surface area contributed by atoms with Crippen LogP contribution in [0, 0.1) is 15.9 Å². The monoisotopic (exact) mass is 319 g/mol. The second-order valence-corrected chi connectivity index (χ2v) is 4.54. The molecular weight excluding hydrogens is 309 g/mol. The zero-order valence-electron chi connectivity index (χ0n) is 9.74. The molecule has 98 valence electrons. The lowest BCUT2D eigenvalue weighted by Crippen LogP contribution is -2.28. The Labute approximate surface area is 111 Å². The van der Waals surface area contributed by atoms with E-state index in [0.29, 0.717) is 0 Å². The van der Waals surface area contributed by atoms with Gasteiger partial charge >= 0.3 is 0 Å². The third kappa shape index (κ3) is 3.39. The number of nitro benzene ring substituents is 1. The van der Waals surface area contributed by atoms with E-state index in [2.05, 4.69) is 21.2 Å². The van der Waals surface area contributed by atoms with Gasteiger partial charge in [-0.25, -0.2) is 4.39 Å². The molecule has 0 fully saturated rings. The predicted molar refractivity (Wildman–Crippen MR) is 67.9 cm³/mol. The molecule has 8 heteroatoms. The highest BCUT2D eigenvalue weighted by Crippen LogP contribution is 2.30. The van der Waals surface area contributed by atoms with Crippen LogP contribution in [0.2, 0.25) is 0 Å². The van der Waals surface area contributed by atoms with Crippen molar-refractivity contribution in [3.05, 3.63) is 32.5 Å². The Balaban J connectivity index is 2.97. The molecule has 1 N–H and O–H groups in total. The van der Waals surface area contributed by atoms with Gasteiger partial charge in [0.05, 0.1) is 15.9 Å². The third-order valence-corrected chi connectivity index (χ3v) is 2.77. The average Bonchev–Trinajstić information content (AvgIpc) is 2.29. The topological polar surface area (TPSA) is 75.5 Å². The Bertz CT molecular complexity index is 494. The van der Waals surface area contributed by atoms with Crippen molar-refractivity contribution < 1.29 is 14.1 Å². The number of likely N-dealkylation sites (N-methyl/N-ethyl adjacent to an activating group) is 1. The van der Waals surface area contributed by atoms with Crippen molar-refractivity contribution in [1.29, 1.82) is 0 Å². The second kappa shape index (κ2) is 5.76. The molecule has 1 aromatic rings. The number of amides is 1. The van der Waals surface area contributed by atoms with Crippen molar-refractivity contribution in [1.82, 2.24) is 4.90 Å². The summed E-state index contributed by atoms with van der Waals surface area (Å²) < 4.78 is 13.3. The predicted octanol–water partition coefficient (Wildman–Crippen LogP) is 2.00. The first-order valence-corrected chi connectivity index (χ1v) is 5.69. The van der Waals surface area contributed by atoms with Crippen LogP contribution in [-0.2, 0) is 4.79 Å². The molecule has 0 aliphatic carbocycles. The smallest absolute Gasteiger partial charge is 0.293 e. The van der Waals surface area contributed by atoms with Crippen molar-refractivity contribution >= 4 is 33.2 Å². The summed E-state index contributed by atoms with van der Waals surface area (Å²) >= 11 is 2.87. The van der Waals surface area contributed by atoms with Crippen LogP contribution in [0.25, 0.3) is 0 Å². The summed E-state index contributed by atoms with van der Waals surface area (Å²) in [5, 5.41) is 13.3. The number of nitrogens with zero attached hydrogens (tertiary/aromatic N) is 2. The molecule has 0 aromatic heterocycles. The third-order valence-electron chi connectivity index (χ3n) is 2.16. The van der Waals surface area contributed by atoms with E-state index in [9.17, 15) is 19.3 Å². The maximum Gasteiger partial charge on any atom is 0.293 e. The molecule has 0 heterocycles. The molecular formula is C10H11BrFN3O3. The van der Waals surface area contributed by atoms with E-state index >= 15 is 0 Å². The molecule has 1 amide bonds. The van der Waals surface area contributed by atoms with Gasteiger partial charge in [0.1, 0.15) is 11.5 Å². The molecule has 0 aliphatic heterocycles. The molecule has 0 saturated heterocycles. The first kappa shape index (κ1) is 14.4. The summed E-state index contributed by atoms with van der Waals surface area (Å²) in [4.78, 5) is 22.8. The molecule has 1 rings (SSSR count). The van der Waals surface area contributed by atoms with Crippen LogP contribution >= 0.6 is 15.9 Å². The Morgan fingerprint density at radius 2 is 2.17 bits per heavy atom. The standard InChI is InChI=1S/C10H11BrFN3O3/c1-14(2)10(16)5-13-8-4-7(12)6(11)3-9(8)15(17)18/h3-4,13H,5H2,1-2H3. The van der Waals surface area contributed by atoms with Gasteiger partial charge in [-0.2, -0.15) is 0 Å². The van der Waals surface area contributed by atoms with Crippen molar-refractivity contribution in [2.45, 2.75) is 0 Å². The number of hydrogen-bond donors (Lipinski definition) is 1. The van der Waals surface area contributed by atoms with E-state index in [-0.39, 0.29) is 28.3 Å². The minimum absolute atomic E-state index is 0.00122. The Hall–Kier alpha value is -1.70. The SMILES string of the molecule is CN(C)C(=O)CNc1cc(F)c(Br)cc1[N+](=O)[O-]. The molecule has 0 aliphatic rings. The van der Waals surface area contributed by atoms with E-state index < -0.39 is 10.7 Å². The van der Waals surface area contributed by atoms with Gasteiger partial charge in [0.15, 0.2) is 0 Å². The average molecular weight is 320 g/mol. The van der Waals surface area contributed by atoms with Gasteiger partial charge in [0.25, 0.3) is 5.69 Å². The number of benzene rings is 1. The molecule has 0 atom stereocenters. The van der Waals surface area contributed by atoms with E-state index in [4.69, 9.17) is 0 Å². The molecule has 0 bridgehead atoms. The number of carbonyl (C=O) groups excluding carboxylic acids is 1. The number of carbonyl (C=O) groups is 1. The fraction of sp³-hybridized carbons (Fsp3) is 0.300. The lowest BCUT2D eigenvalue weighted by Gasteiger charge is -2.12. The van der Waals surface area contributed by atoms with Crippen molar-refractivity contribution in [3.63, 3.8) is 0 Å². The molecule has 0 saturated carbocycles. The van der Waals surface area contributed by atoms with Crippen molar-refractivity contribution in [3.8, 4) is 0 Å². The lowest BCUT2D eigenvalue weighted by atomic mass is 10.2. The molecule has 0 spiro atoms. The van der Waals surface area contributed by atoms with Gasteiger partial charge in [0.2, 0.25) is 5.91 Å². The summed E-state index contributed by atoms with van der Waals surface area (Å²) in [5.41, 5.74) is -0.328.